The Kier molecular flexibility index (Phi) is 7.74. The standard InChI is InChI=1S/C24H32N6S/c1-25-24(26-16-20-9-13-29(14-10-20)19-23-8-4-15-31-23)27-17-21-6-2-3-7-22(21)18-30-12-5-11-28-30/h2-8,11-12,15,20H,9-10,13-14,16-19H2,1H3,(H2,25,26,27). The van der Waals surface area contributed by atoms with Gasteiger partial charge in [0.1, 0.15) is 0 Å². The summed E-state index contributed by atoms with van der Waals surface area (Å²) in [5, 5.41) is 13.5. The van der Waals surface area contributed by atoms with Crippen LogP contribution in [0.25, 0.3) is 0 Å². The Hall–Kier alpha value is -2.64. The van der Waals surface area contributed by atoms with Crippen LogP contribution >= 0.6 is 11.3 Å². The van der Waals surface area contributed by atoms with E-state index in [-0.39, 0.29) is 0 Å². The Morgan fingerprint density at radius 1 is 1.06 bits per heavy atom. The number of piperidine rings is 1. The maximum Gasteiger partial charge on any atom is 0.191 e. The highest BCUT2D eigenvalue weighted by Crippen LogP contribution is 2.20. The first-order valence-corrected chi connectivity index (χ1v) is 11.9. The topological polar surface area (TPSA) is 57.5 Å². The minimum Gasteiger partial charge on any atom is -0.356 e. The molecule has 1 saturated heterocycles. The molecular weight excluding hydrogens is 404 g/mol. The van der Waals surface area contributed by atoms with Crippen LogP contribution < -0.4 is 10.6 Å². The van der Waals surface area contributed by atoms with Crippen molar-refractivity contribution >= 4 is 17.3 Å². The summed E-state index contributed by atoms with van der Waals surface area (Å²) in [7, 11) is 1.84. The molecular formula is C24H32N6S. The van der Waals surface area contributed by atoms with Crippen LogP contribution in [-0.4, -0.2) is 47.3 Å². The average molecular weight is 437 g/mol. The van der Waals surface area contributed by atoms with Crippen molar-refractivity contribution in [2.24, 2.45) is 10.9 Å². The first-order valence-electron chi connectivity index (χ1n) is 11.0. The molecule has 1 fully saturated rings. The van der Waals surface area contributed by atoms with E-state index in [9.17, 15) is 0 Å². The Morgan fingerprint density at radius 3 is 2.61 bits per heavy atom. The number of guanidine groups is 1. The lowest BCUT2D eigenvalue weighted by molar-refractivity contribution is 0.179. The van der Waals surface area contributed by atoms with E-state index in [1.165, 1.54) is 41.9 Å². The molecule has 0 bridgehead atoms. The molecule has 3 heterocycles. The van der Waals surface area contributed by atoms with Crippen molar-refractivity contribution in [3.05, 3.63) is 76.2 Å². The van der Waals surface area contributed by atoms with Gasteiger partial charge in [-0.1, -0.05) is 30.3 Å². The summed E-state index contributed by atoms with van der Waals surface area (Å²) >= 11 is 1.86. The zero-order chi connectivity index (χ0) is 21.3. The first kappa shape index (κ1) is 21.6. The molecule has 0 atom stereocenters. The van der Waals surface area contributed by atoms with E-state index in [2.05, 4.69) is 67.4 Å². The second kappa shape index (κ2) is 11.1. The Morgan fingerprint density at radius 2 is 1.90 bits per heavy atom. The molecule has 2 aromatic heterocycles. The third-order valence-electron chi connectivity index (χ3n) is 5.90. The average Bonchev–Trinajstić information content (AvgIpc) is 3.50. The minimum atomic E-state index is 0.699. The van der Waals surface area contributed by atoms with Gasteiger partial charge in [0.25, 0.3) is 0 Å². The summed E-state index contributed by atoms with van der Waals surface area (Å²) in [5.74, 6) is 1.57. The van der Waals surface area contributed by atoms with Gasteiger partial charge < -0.3 is 10.6 Å². The van der Waals surface area contributed by atoms with Crippen molar-refractivity contribution in [2.75, 3.05) is 26.7 Å². The summed E-state index contributed by atoms with van der Waals surface area (Å²) in [4.78, 5) is 8.47. The predicted octanol–water partition coefficient (Wildman–Crippen LogP) is 3.57. The molecule has 31 heavy (non-hydrogen) atoms. The van der Waals surface area contributed by atoms with E-state index >= 15 is 0 Å². The number of benzene rings is 1. The van der Waals surface area contributed by atoms with Gasteiger partial charge in [-0.05, 0) is 60.5 Å². The fourth-order valence-corrected chi connectivity index (χ4v) is 4.81. The van der Waals surface area contributed by atoms with Crippen molar-refractivity contribution in [1.82, 2.24) is 25.3 Å². The molecule has 0 aliphatic carbocycles. The number of aromatic nitrogens is 2. The quantitative estimate of drug-likeness (QED) is 0.419. The highest BCUT2D eigenvalue weighted by molar-refractivity contribution is 7.09. The largest absolute Gasteiger partial charge is 0.356 e. The maximum atomic E-state index is 4.43. The van der Waals surface area contributed by atoms with E-state index in [0.29, 0.717) is 5.92 Å². The number of likely N-dealkylation sites (tertiary alicyclic amines) is 1. The van der Waals surface area contributed by atoms with Gasteiger partial charge in [-0.2, -0.15) is 5.10 Å². The molecule has 1 aliphatic rings. The Labute approximate surface area is 189 Å². The van der Waals surface area contributed by atoms with Crippen LogP contribution in [0.3, 0.4) is 0 Å². The van der Waals surface area contributed by atoms with Crippen molar-refractivity contribution in [2.45, 2.75) is 32.5 Å². The van der Waals surface area contributed by atoms with E-state index < -0.39 is 0 Å². The second-order valence-electron chi connectivity index (χ2n) is 8.08. The summed E-state index contributed by atoms with van der Waals surface area (Å²) < 4.78 is 1.96. The normalized spacial score (nSPS) is 15.8. The van der Waals surface area contributed by atoms with Crippen LogP contribution in [0.4, 0.5) is 0 Å². The molecule has 2 N–H and O–H groups in total. The molecule has 0 unspecified atom stereocenters. The van der Waals surface area contributed by atoms with Gasteiger partial charge in [-0.3, -0.25) is 14.6 Å². The van der Waals surface area contributed by atoms with Gasteiger partial charge in [0.2, 0.25) is 0 Å². The molecule has 6 nitrogen and oxygen atoms in total. The van der Waals surface area contributed by atoms with Crippen LogP contribution in [0.15, 0.2) is 65.2 Å². The summed E-state index contributed by atoms with van der Waals surface area (Å²) in [6.45, 7) is 5.95. The van der Waals surface area contributed by atoms with E-state index in [4.69, 9.17) is 0 Å². The lowest BCUT2D eigenvalue weighted by Gasteiger charge is -2.32. The Balaban J connectivity index is 1.21. The smallest absolute Gasteiger partial charge is 0.191 e. The van der Waals surface area contributed by atoms with E-state index in [1.54, 1.807) is 0 Å². The van der Waals surface area contributed by atoms with Gasteiger partial charge in [0.05, 0.1) is 6.54 Å². The zero-order valence-corrected chi connectivity index (χ0v) is 19.0. The van der Waals surface area contributed by atoms with Crippen LogP contribution in [0.5, 0.6) is 0 Å². The molecule has 3 aromatic rings. The fraction of sp³-hybridized carbons (Fsp3) is 0.417. The number of rotatable bonds is 8. The molecule has 0 amide bonds. The monoisotopic (exact) mass is 436 g/mol. The highest BCUT2D eigenvalue weighted by atomic mass is 32.1. The molecule has 7 heteroatoms. The fourth-order valence-electron chi connectivity index (χ4n) is 4.06. The minimum absolute atomic E-state index is 0.699. The molecule has 1 aromatic carbocycles. The van der Waals surface area contributed by atoms with Gasteiger partial charge in [0, 0.05) is 44.0 Å². The first-order chi connectivity index (χ1) is 15.3. The third kappa shape index (κ3) is 6.42. The van der Waals surface area contributed by atoms with Gasteiger partial charge in [-0.25, -0.2) is 0 Å². The zero-order valence-electron chi connectivity index (χ0n) is 18.2. The molecule has 164 valence electrons. The number of hydrogen-bond donors (Lipinski definition) is 2. The molecule has 4 rings (SSSR count). The third-order valence-corrected chi connectivity index (χ3v) is 6.77. The summed E-state index contributed by atoms with van der Waals surface area (Å²) in [5.41, 5.74) is 2.54. The van der Waals surface area contributed by atoms with Crippen LogP contribution in [0.2, 0.25) is 0 Å². The van der Waals surface area contributed by atoms with Crippen molar-refractivity contribution in [3.63, 3.8) is 0 Å². The molecule has 0 spiro atoms. The van der Waals surface area contributed by atoms with Gasteiger partial charge in [-0.15, -0.1) is 11.3 Å². The molecule has 0 saturated carbocycles. The number of hydrogen-bond acceptors (Lipinski definition) is 4. The lowest BCUT2D eigenvalue weighted by atomic mass is 9.97. The predicted molar refractivity (Wildman–Crippen MR) is 128 cm³/mol. The van der Waals surface area contributed by atoms with Crippen LogP contribution in [0, 0.1) is 5.92 Å². The summed E-state index contributed by atoms with van der Waals surface area (Å²) in [6.07, 6.45) is 6.29. The molecule has 0 radical (unpaired) electrons. The van der Waals surface area contributed by atoms with Crippen LogP contribution in [0.1, 0.15) is 28.8 Å². The maximum absolute atomic E-state index is 4.43. The lowest BCUT2D eigenvalue weighted by Crippen LogP contribution is -2.42. The van der Waals surface area contributed by atoms with E-state index in [0.717, 1.165) is 32.1 Å². The van der Waals surface area contributed by atoms with Crippen LogP contribution in [-0.2, 0) is 19.6 Å². The van der Waals surface area contributed by atoms with Crippen molar-refractivity contribution in [1.29, 1.82) is 0 Å². The number of aliphatic imine (C=N–C) groups is 1. The van der Waals surface area contributed by atoms with E-state index in [1.807, 2.05) is 41.5 Å². The van der Waals surface area contributed by atoms with Crippen molar-refractivity contribution in [3.8, 4) is 0 Å². The van der Waals surface area contributed by atoms with Gasteiger partial charge in [0.15, 0.2) is 5.96 Å². The SMILES string of the molecule is CN=C(NCc1ccccc1Cn1cccn1)NCC1CCN(Cc2cccs2)CC1. The number of thiophene rings is 1. The second-order valence-corrected chi connectivity index (χ2v) is 9.11. The summed E-state index contributed by atoms with van der Waals surface area (Å²) in [6, 6.07) is 14.8. The number of nitrogens with zero attached hydrogens (tertiary/aromatic N) is 4. The highest BCUT2D eigenvalue weighted by Gasteiger charge is 2.19. The molecule has 1 aliphatic heterocycles. The van der Waals surface area contributed by atoms with Gasteiger partial charge >= 0.3 is 0 Å². The Bertz CT molecular complexity index is 927. The van der Waals surface area contributed by atoms with Crippen molar-refractivity contribution < 1.29 is 0 Å². The number of nitrogens with one attached hydrogen (secondary N) is 2.